The Labute approximate surface area is 293 Å². The van der Waals surface area contributed by atoms with Gasteiger partial charge in [-0.2, -0.15) is 13.2 Å². The number of nitrogens with zero attached hydrogens (tertiary/aromatic N) is 4. The van der Waals surface area contributed by atoms with E-state index < -0.39 is 59.8 Å². The third-order valence-corrected chi connectivity index (χ3v) is 11.2. The van der Waals surface area contributed by atoms with E-state index in [9.17, 15) is 36.3 Å². The fraction of sp³-hybridized carbons (Fsp3) is 0.486. The summed E-state index contributed by atoms with van der Waals surface area (Å²) in [6.45, 7) is 2.43. The predicted molar refractivity (Wildman–Crippen MR) is 174 cm³/mol. The van der Waals surface area contributed by atoms with Crippen molar-refractivity contribution in [1.82, 2.24) is 35.8 Å². The Kier molecular flexibility index (Phi) is 7.84. The molecule has 1 spiro atoms. The van der Waals surface area contributed by atoms with Crippen LogP contribution < -0.4 is 16.0 Å². The predicted octanol–water partition coefficient (Wildman–Crippen LogP) is 5.64. The zero-order chi connectivity index (χ0) is 36.6. The van der Waals surface area contributed by atoms with E-state index in [0.717, 1.165) is 30.0 Å². The van der Waals surface area contributed by atoms with Crippen LogP contribution in [0, 0.1) is 18.3 Å². The van der Waals surface area contributed by atoms with Crippen molar-refractivity contribution >= 4 is 34.6 Å². The second kappa shape index (κ2) is 12.0. The van der Waals surface area contributed by atoms with Crippen molar-refractivity contribution in [2.75, 3.05) is 18.4 Å². The van der Waals surface area contributed by atoms with E-state index in [2.05, 4.69) is 40.9 Å². The first kappa shape index (κ1) is 34.0. The lowest BCUT2D eigenvalue weighted by Crippen LogP contribution is -2.61. The SMILES string of the molecule is Cc1nonc1C(=O)N[C@H](C(=O)Nc1ccc2c(c1)CC(c1nc3c(C(F)(F)F)cccc3[nH]1)(N1CC3(CC3)CNC1=O)C2)C1CCC(F)(F)CC1. The molecule has 2 aromatic carbocycles. The van der Waals surface area contributed by atoms with Crippen LogP contribution in [0.5, 0.6) is 0 Å². The van der Waals surface area contributed by atoms with Gasteiger partial charge in [0.1, 0.15) is 28.6 Å². The maximum Gasteiger partial charge on any atom is 0.418 e. The minimum absolute atomic E-state index is 0.00106. The van der Waals surface area contributed by atoms with Crippen molar-refractivity contribution in [3.8, 4) is 0 Å². The number of imidazole rings is 1. The molecule has 3 fully saturated rings. The molecule has 8 rings (SSSR count). The third kappa shape index (κ3) is 6.02. The third-order valence-electron chi connectivity index (χ3n) is 11.2. The summed E-state index contributed by atoms with van der Waals surface area (Å²) in [4.78, 5) is 49.9. The molecule has 3 aliphatic carbocycles. The van der Waals surface area contributed by atoms with E-state index in [1.807, 2.05) is 0 Å². The number of H-pyrrole nitrogens is 1. The summed E-state index contributed by atoms with van der Waals surface area (Å²) < 4.78 is 74.9. The number of hydrogen-bond donors (Lipinski definition) is 4. The molecule has 2 atom stereocenters. The molecular formula is C35H35F5N8O4. The number of benzene rings is 2. The molecular weight excluding hydrogens is 691 g/mol. The average Bonchev–Trinajstić information content (AvgIpc) is 3.40. The quantitative estimate of drug-likeness (QED) is 0.180. The van der Waals surface area contributed by atoms with Crippen LogP contribution >= 0.6 is 0 Å². The van der Waals surface area contributed by atoms with E-state index in [4.69, 9.17) is 0 Å². The lowest BCUT2D eigenvalue weighted by atomic mass is 9.81. The number of aryl methyl sites for hydroxylation is 1. The number of alkyl halides is 5. The molecule has 4 aromatic rings. The number of aromatic nitrogens is 4. The Morgan fingerprint density at radius 2 is 1.79 bits per heavy atom. The summed E-state index contributed by atoms with van der Waals surface area (Å²) >= 11 is 0. The molecule has 4 aliphatic rings. The van der Waals surface area contributed by atoms with Crippen molar-refractivity contribution in [2.45, 2.75) is 82.0 Å². The summed E-state index contributed by atoms with van der Waals surface area (Å²) in [6, 6.07) is 7.45. The number of anilines is 1. The summed E-state index contributed by atoms with van der Waals surface area (Å²) in [5.41, 5.74) is -0.257. The minimum atomic E-state index is -4.65. The highest BCUT2D eigenvalue weighted by Crippen LogP contribution is 2.52. The molecule has 17 heteroatoms. The molecule has 1 saturated heterocycles. The van der Waals surface area contributed by atoms with Gasteiger partial charge < -0.3 is 25.8 Å². The highest BCUT2D eigenvalue weighted by atomic mass is 19.4. The van der Waals surface area contributed by atoms with Gasteiger partial charge in [0.05, 0.1) is 11.1 Å². The van der Waals surface area contributed by atoms with Gasteiger partial charge in [-0.3, -0.25) is 9.59 Å². The van der Waals surface area contributed by atoms with Gasteiger partial charge in [0.15, 0.2) is 5.69 Å². The van der Waals surface area contributed by atoms with Gasteiger partial charge in [-0.05, 0) is 79.1 Å². The molecule has 274 valence electrons. The van der Waals surface area contributed by atoms with E-state index in [1.54, 1.807) is 23.1 Å². The maximum atomic E-state index is 14.1. The lowest BCUT2D eigenvalue weighted by molar-refractivity contribution is -0.136. The van der Waals surface area contributed by atoms with Crippen molar-refractivity contribution in [1.29, 1.82) is 0 Å². The van der Waals surface area contributed by atoms with E-state index in [0.29, 0.717) is 18.8 Å². The van der Waals surface area contributed by atoms with Crippen LogP contribution in [0.2, 0.25) is 0 Å². The van der Waals surface area contributed by atoms with Gasteiger partial charge in [0.2, 0.25) is 11.8 Å². The molecule has 1 unspecified atom stereocenters. The number of urea groups is 1. The van der Waals surface area contributed by atoms with Gasteiger partial charge in [0, 0.05) is 49.9 Å². The van der Waals surface area contributed by atoms with Crippen LogP contribution in [0.1, 0.15) is 77.2 Å². The average molecular weight is 727 g/mol. The van der Waals surface area contributed by atoms with Gasteiger partial charge in [-0.15, -0.1) is 0 Å². The molecule has 0 bridgehead atoms. The van der Waals surface area contributed by atoms with E-state index in [-0.39, 0.29) is 65.4 Å². The minimum Gasteiger partial charge on any atom is -0.340 e. The summed E-state index contributed by atoms with van der Waals surface area (Å²) in [5, 5.41) is 15.7. The number of aromatic amines is 1. The van der Waals surface area contributed by atoms with Gasteiger partial charge in [0.25, 0.3) is 5.91 Å². The highest BCUT2D eigenvalue weighted by molar-refractivity contribution is 6.01. The maximum absolute atomic E-state index is 14.1. The molecule has 2 aromatic heterocycles. The zero-order valence-electron chi connectivity index (χ0n) is 28.0. The van der Waals surface area contributed by atoms with Gasteiger partial charge >= 0.3 is 12.2 Å². The number of para-hydroxylation sites is 1. The normalized spacial score (nSPS) is 23.0. The summed E-state index contributed by atoms with van der Waals surface area (Å²) in [7, 11) is 0. The molecule has 4 N–H and O–H groups in total. The number of amides is 4. The standard InChI is InChI=1S/C35H35F5N8O4/c1-18-25(47-52-46-18)28(49)44-26(19-7-9-34(36,37)10-8-19)29(50)42-22-6-5-20-14-33(15-21(20)13-22,48-17-32(11-12-32)16-41-31(48)51)30-43-24-4-2-3-23(27(24)45-30)35(38,39)40/h2-6,13,19,26H,7-12,14-17H2,1H3,(H,41,51)(H,42,50)(H,43,45)(H,44,49)/t26-,33?/m0/s1. The molecule has 3 heterocycles. The van der Waals surface area contributed by atoms with E-state index in [1.165, 1.54) is 19.1 Å². The number of carbonyl (C=O) groups excluding carboxylic acids is 3. The number of fused-ring (bicyclic) bond motifs is 2. The lowest BCUT2D eigenvalue weighted by Gasteiger charge is -2.45. The molecule has 4 amide bonds. The Bertz CT molecular complexity index is 2080. The van der Waals surface area contributed by atoms with Crippen LogP contribution in [0.4, 0.5) is 32.4 Å². The molecule has 12 nitrogen and oxygen atoms in total. The fourth-order valence-corrected chi connectivity index (χ4v) is 8.04. The van der Waals surface area contributed by atoms with Gasteiger partial charge in [-0.25, -0.2) is 23.2 Å². The van der Waals surface area contributed by atoms with Gasteiger partial charge in [-0.1, -0.05) is 17.3 Å². The second-order valence-corrected chi connectivity index (χ2v) is 14.7. The number of hydrogen-bond acceptors (Lipinski definition) is 7. The Morgan fingerprint density at radius 1 is 1.04 bits per heavy atom. The Hall–Kier alpha value is -5.09. The monoisotopic (exact) mass is 726 g/mol. The highest BCUT2D eigenvalue weighted by Gasteiger charge is 2.56. The smallest absolute Gasteiger partial charge is 0.340 e. The van der Waals surface area contributed by atoms with E-state index >= 15 is 0 Å². The first-order chi connectivity index (χ1) is 24.7. The topological polar surface area (TPSA) is 158 Å². The molecule has 2 saturated carbocycles. The first-order valence-corrected chi connectivity index (χ1v) is 17.2. The first-order valence-electron chi connectivity index (χ1n) is 17.2. The largest absolute Gasteiger partial charge is 0.418 e. The zero-order valence-corrected chi connectivity index (χ0v) is 28.0. The molecule has 1 aliphatic heterocycles. The number of rotatable bonds is 7. The van der Waals surface area contributed by atoms with Crippen LogP contribution in [0.15, 0.2) is 41.0 Å². The summed E-state index contributed by atoms with van der Waals surface area (Å²) in [5.74, 6) is -4.58. The van der Waals surface area contributed by atoms with Crippen molar-refractivity contribution in [3.63, 3.8) is 0 Å². The number of carbonyl (C=O) groups is 3. The molecule has 0 radical (unpaired) electrons. The number of nitrogens with one attached hydrogen (secondary N) is 4. The van der Waals surface area contributed by atoms with Crippen molar-refractivity contribution in [3.05, 3.63) is 70.3 Å². The molecule has 52 heavy (non-hydrogen) atoms. The van der Waals surface area contributed by atoms with Crippen LogP contribution in [-0.2, 0) is 29.4 Å². The Morgan fingerprint density at radius 3 is 2.48 bits per heavy atom. The second-order valence-electron chi connectivity index (χ2n) is 14.7. The summed E-state index contributed by atoms with van der Waals surface area (Å²) in [6.07, 6.45) is -3.25. The van der Waals surface area contributed by atoms with Crippen molar-refractivity contribution in [2.24, 2.45) is 11.3 Å². The number of halogens is 5. The van der Waals surface area contributed by atoms with Crippen molar-refractivity contribution < 1.29 is 41.0 Å². The van der Waals surface area contributed by atoms with Crippen LogP contribution in [0.3, 0.4) is 0 Å². The fourth-order valence-electron chi connectivity index (χ4n) is 8.04. The van der Waals surface area contributed by atoms with Crippen LogP contribution in [0.25, 0.3) is 11.0 Å². The Balaban J connectivity index is 1.11. The van der Waals surface area contributed by atoms with Crippen LogP contribution in [-0.4, -0.2) is 68.1 Å².